The van der Waals surface area contributed by atoms with Crippen LogP contribution in [0.2, 0.25) is 0 Å². The van der Waals surface area contributed by atoms with Gasteiger partial charge in [-0.2, -0.15) is 6.42 Å². The number of halogens is 1. The Balaban J connectivity index is 0. The first-order valence-electron chi connectivity index (χ1n) is 1.68. The summed E-state index contributed by atoms with van der Waals surface area (Å²) < 4.78 is 0. The van der Waals surface area contributed by atoms with Gasteiger partial charge in [-0.25, -0.2) is 0 Å². The number of rotatable bonds is 1. The van der Waals surface area contributed by atoms with Gasteiger partial charge in [0.1, 0.15) is 0 Å². The molecule has 0 saturated carbocycles. The molecule has 0 spiro atoms. The zero-order valence-corrected chi connectivity index (χ0v) is 7.51. The molecule has 6 heavy (non-hydrogen) atoms. The second-order valence-electron chi connectivity index (χ2n) is 0.642. The van der Waals surface area contributed by atoms with Crippen LogP contribution in [0.4, 0.5) is 0 Å². The molecule has 0 atom stereocenters. The Morgan fingerprint density at radius 3 is 1.83 bits per heavy atom. The van der Waals surface area contributed by atoms with Crippen molar-refractivity contribution < 1.29 is 17.3 Å². The van der Waals surface area contributed by atoms with E-state index in [1.807, 2.05) is 0 Å². The van der Waals surface area contributed by atoms with E-state index in [9.17, 15) is 0 Å². The zero-order chi connectivity index (χ0) is 5.41. The molecule has 3 heteroatoms. The molecule has 1 nitrogen and oxygen atoms in total. The molecular weight excluding hydrogens is 151 g/mol. The Labute approximate surface area is 53.0 Å². The van der Waals surface area contributed by atoms with Gasteiger partial charge < -0.3 is 12.7 Å². The van der Waals surface area contributed by atoms with Gasteiger partial charge in [-0.05, 0) is 6.54 Å². The van der Waals surface area contributed by atoms with Gasteiger partial charge in [0.15, 0.2) is 0 Å². The van der Waals surface area contributed by atoms with Gasteiger partial charge in [0.25, 0.3) is 0 Å². The van der Waals surface area contributed by atoms with Crippen LogP contribution in [0.1, 0.15) is 6.42 Å². The first-order chi connectivity index (χ1) is 2.91. The summed E-state index contributed by atoms with van der Waals surface area (Å²) >= 11 is 0.847. The van der Waals surface area contributed by atoms with E-state index in [2.05, 4.69) is 6.92 Å². The first-order valence-corrected chi connectivity index (χ1v) is 5.57. The maximum absolute atomic E-state index is 4.97. The van der Waals surface area contributed by atoms with Crippen molar-refractivity contribution in [3.05, 3.63) is 6.92 Å². The predicted molar refractivity (Wildman–Crippen MR) is 24.9 cm³/mol. The Morgan fingerprint density at radius 1 is 1.67 bits per heavy atom. The van der Waals surface area contributed by atoms with Crippen LogP contribution >= 0.6 is 9.69 Å². The zero-order valence-electron chi connectivity index (χ0n) is 3.78. The molecular formula is C3H8ClNZn. The molecule has 34 valence electrons. The van der Waals surface area contributed by atoms with Crippen LogP contribution in [0, 0.1) is 6.92 Å². The van der Waals surface area contributed by atoms with Crippen LogP contribution in [-0.4, -0.2) is 6.54 Å². The SMILES string of the molecule is [CH2-]CCN.[Cl][Zn+]. The topological polar surface area (TPSA) is 26.0 Å². The van der Waals surface area contributed by atoms with E-state index in [4.69, 9.17) is 15.4 Å². The molecule has 0 aromatic heterocycles. The first kappa shape index (κ1) is 9.98. The maximum atomic E-state index is 4.97. The van der Waals surface area contributed by atoms with Crippen molar-refractivity contribution in [3.8, 4) is 0 Å². The summed E-state index contributed by atoms with van der Waals surface area (Å²) in [5.74, 6) is 0. The third-order valence-corrected chi connectivity index (χ3v) is 0.204. The van der Waals surface area contributed by atoms with Crippen molar-refractivity contribution >= 4 is 9.69 Å². The molecule has 0 bridgehead atoms. The van der Waals surface area contributed by atoms with Gasteiger partial charge in [0.05, 0.1) is 0 Å². The molecule has 0 aromatic rings. The molecule has 2 N–H and O–H groups in total. The average Bonchev–Trinajstić information content (AvgIpc) is 1.72. The van der Waals surface area contributed by atoms with Gasteiger partial charge in [0.2, 0.25) is 0 Å². The van der Waals surface area contributed by atoms with Crippen molar-refractivity contribution in [2.75, 3.05) is 6.54 Å². The van der Waals surface area contributed by atoms with E-state index in [0.717, 1.165) is 23.7 Å². The van der Waals surface area contributed by atoms with E-state index < -0.39 is 0 Å². The van der Waals surface area contributed by atoms with Gasteiger partial charge in [0, 0.05) is 0 Å². The molecule has 0 fully saturated rings. The quantitative estimate of drug-likeness (QED) is 0.445. The van der Waals surface area contributed by atoms with Crippen molar-refractivity contribution in [1.82, 2.24) is 0 Å². The molecule has 0 unspecified atom stereocenters. The Morgan fingerprint density at radius 2 is 1.83 bits per heavy atom. The fourth-order valence-electron chi connectivity index (χ4n) is 0. The second-order valence-corrected chi connectivity index (χ2v) is 0.642. The Hall–Kier alpha value is 0.873. The fourth-order valence-corrected chi connectivity index (χ4v) is 0. The summed E-state index contributed by atoms with van der Waals surface area (Å²) in [6.07, 6.45) is 0.847. The van der Waals surface area contributed by atoms with Crippen LogP contribution < -0.4 is 5.73 Å². The number of nitrogens with two attached hydrogens (primary N) is 1. The van der Waals surface area contributed by atoms with Gasteiger partial charge in [-0.3, -0.25) is 0 Å². The van der Waals surface area contributed by atoms with Gasteiger partial charge in [-0.1, -0.05) is 0 Å². The minimum atomic E-state index is 0.708. The van der Waals surface area contributed by atoms with Crippen molar-refractivity contribution in [2.24, 2.45) is 5.73 Å². The summed E-state index contributed by atoms with van der Waals surface area (Å²) in [6, 6.07) is 0. The number of hydrogen-bond donors (Lipinski definition) is 1. The minimum absolute atomic E-state index is 0.708. The molecule has 0 radical (unpaired) electrons. The molecule has 0 aliphatic heterocycles. The summed E-state index contributed by atoms with van der Waals surface area (Å²) in [6.45, 7) is 4.19. The monoisotopic (exact) mass is 157 g/mol. The average molecular weight is 159 g/mol. The van der Waals surface area contributed by atoms with Gasteiger partial charge >= 0.3 is 27.0 Å². The fraction of sp³-hybridized carbons (Fsp3) is 0.667. The van der Waals surface area contributed by atoms with Crippen LogP contribution in [0.25, 0.3) is 0 Å². The van der Waals surface area contributed by atoms with Crippen molar-refractivity contribution in [3.63, 3.8) is 0 Å². The van der Waals surface area contributed by atoms with Crippen molar-refractivity contribution in [1.29, 1.82) is 0 Å². The molecule has 0 heterocycles. The third-order valence-electron chi connectivity index (χ3n) is 0.204. The normalized spacial score (nSPS) is 6.17. The standard InChI is InChI=1S/C3H8N.ClH.Zn/c1-2-3-4;;/h1-4H2;1H;/q-1;;+2/p-1. The van der Waals surface area contributed by atoms with Gasteiger partial charge in [-0.15, -0.1) is 0 Å². The Bertz CT molecular complexity index is 12.8. The molecule has 0 amide bonds. The van der Waals surface area contributed by atoms with Crippen molar-refractivity contribution in [2.45, 2.75) is 6.42 Å². The molecule has 0 aliphatic carbocycles. The van der Waals surface area contributed by atoms with E-state index in [1.165, 1.54) is 0 Å². The molecule has 0 saturated heterocycles. The second kappa shape index (κ2) is 16.9. The summed E-state index contributed by atoms with van der Waals surface area (Å²) in [5.41, 5.74) is 4.97. The third kappa shape index (κ3) is 20.8. The summed E-state index contributed by atoms with van der Waals surface area (Å²) in [5, 5.41) is 0. The number of hydrogen-bond acceptors (Lipinski definition) is 1. The van der Waals surface area contributed by atoms with E-state index in [-0.39, 0.29) is 0 Å². The van der Waals surface area contributed by atoms with E-state index >= 15 is 0 Å². The Kier molecular flexibility index (Phi) is 28.1. The van der Waals surface area contributed by atoms with E-state index in [1.54, 1.807) is 0 Å². The molecule has 0 aromatic carbocycles. The summed E-state index contributed by atoms with van der Waals surface area (Å²) in [7, 11) is 4.76. The predicted octanol–water partition coefficient (Wildman–Crippen LogP) is 0.856. The van der Waals surface area contributed by atoms with Crippen LogP contribution in [0.3, 0.4) is 0 Å². The molecule has 0 rings (SSSR count). The van der Waals surface area contributed by atoms with Crippen LogP contribution in [0.5, 0.6) is 0 Å². The van der Waals surface area contributed by atoms with Crippen LogP contribution in [0.15, 0.2) is 0 Å². The molecule has 0 aliphatic rings. The van der Waals surface area contributed by atoms with E-state index in [0.29, 0.717) is 6.54 Å². The van der Waals surface area contributed by atoms with Crippen LogP contribution in [-0.2, 0) is 17.3 Å². The summed E-state index contributed by atoms with van der Waals surface area (Å²) in [4.78, 5) is 0.